The maximum absolute atomic E-state index is 10.4. The summed E-state index contributed by atoms with van der Waals surface area (Å²) in [6.07, 6.45) is 0. The van der Waals surface area contributed by atoms with E-state index < -0.39 is 4.92 Å². The molecule has 6 nitrogen and oxygen atoms in total. The third kappa shape index (κ3) is 2.74. The molecule has 0 aromatic carbocycles. The molecular weight excluding hydrogens is 320 g/mol. The molecule has 0 aliphatic carbocycles. The number of rotatable bonds is 4. The lowest BCUT2D eigenvalue weighted by molar-refractivity contribution is -0.394. The van der Waals surface area contributed by atoms with Gasteiger partial charge in [-0.2, -0.15) is 4.68 Å². The minimum atomic E-state index is -0.611. The van der Waals surface area contributed by atoms with Crippen molar-refractivity contribution in [1.82, 2.24) is 14.8 Å². The molecule has 1 heterocycles. The Balaban J connectivity index is 2.82. The molecule has 1 aromatic heterocycles. The Morgan fingerprint density at radius 3 is 2.79 bits per heavy atom. The van der Waals surface area contributed by atoms with Crippen LogP contribution in [0.25, 0.3) is 0 Å². The first-order valence-electron chi connectivity index (χ1n) is 3.85. The first kappa shape index (κ1) is 11.6. The van der Waals surface area contributed by atoms with Crippen LogP contribution in [0.15, 0.2) is 4.73 Å². The molecule has 0 saturated carbocycles. The van der Waals surface area contributed by atoms with Gasteiger partial charge in [0, 0.05) is 26.4 Å². The van der Waals surface area contributed by atoms with Crippen LogP contribution in [0.1, 0.15) is 6.92 Å². The van der Waals surface area contributed by atoms with Crippen molar-refractivity contribution in [3.8, 4) is 0 Å². The van der Waals surface area contributed by atoms with Crippen molar-refractivity contribution in [2.75, 3.05) is 5.33 Å². The van der Waals surface area contributed by atoms with Crippen molar-refractivity contribution in [3.05, 3.63) is 14.8 Å². The van der Waals surface area contributed by atoms with Gasteiger partial charge in [-0.1, -0.05) is 22.9 Å². The van der Waals surface area contributed by atoms with Crippen molar-refractivity contribution in [2.24, 2.45) is 5.92 Å². The zero-order valence-corrected chi connectivity index (χ0v) is 10.5. The minimum Gasteiger partial charge on any atom is -0.390 e. The Labute approximate surface area is 97.1 Å². The molecule has 0 aliphatic heterocycles. The van der Waals surface area contributed by atoms with Gasteiger partial charge in [0.2, 0.25) is 0 Å². The van der Waals surface area contributed by atoms with Gasteiger partial charge in [0.05, 0.1) is 6.54 Å². The topological polar surface area (TPSA) is 73.8 Å². The maximum atomic E-state index is 10.4. The van der Waals surface area contributed by atoms with Crippen LogP contribution in [0.2, 0.25) is 0 Å². The van der Waals surface area contributed by atoms with Gasteiger partial charge in [0.25, 0.3) is 4.73 Å². The van der Waals surface area contributed by atoms with Gasteiger partial charge in [-0.25, -0.2) is 0 Å². The second-order valence-electron chi connectivity index (χ2n) is 2.88. The van der Waals surface area contributed by atoms with E-state index in [9.17, 15) is 10.1 Å². The monoisotopic (exact) mass is 326 g/mol. The van der Waals surface area contributed by atoms with Crippen LogP contribution in [0, 0.1) is 16.0 Å². The highest BCUT2D eigenvalue weighted by Gasteiger charge is 2.20. The van der Waals surface area contributed by atoms with Gasteiger partial charge in [0.1, 0.15) is 0 Å². The fraction of sp³-hybridized carbons (Fsp3) is 0.667. The summed E-state index contributed by atoms with van der Waals surface area (Å²) in [5, 5.41) is 14.9. The van der Waals surface area contributed by atoms with E-state index in [2.05, 4.69) is 41.9 Å². The number of hydrogen-bond acceptors (Lipinski definition) is 4. The van der Waals surface area contributed by atoms with E-state index in [0.717, 1.165) is 5.33 Å². The lowest BCUT2D eigenvalue weighted by Crippen LogP contribution is -2.10. The van der Waals surface area contributed by atoms with Gasteiger partial charge < -0.3 is 10.1 Å². The number of nitrogens with zero attached hydrogens (tertiary/aromatic N) is 4. The van der Waals surface area contributed by atoms with Crippen LogP contribution >= 0.6 is 31.9 Å². The highest BCUT2D eigenvalue weighted by molar-refractivity contribution is 9.10. The summed E-state index contributed by atoms with van der Waals surface area (Å²) in [7, 11) is 0. The summed E-state index contributed by atoms with van der Waals surface area (Å²) in [5.74, 6) is -0.0359. The maximum Gasteiger partial charge on any atom is 0.492 e. The normalized spacial score (nSPS) is 12.8. The molecule has 14 heavy (non-hydrogen) atoms. The van der Waals surface area contributed by atoms with Crippen LogP contribution in [0.3, 0.4) is 0 Å². The Morgan fingerprint density at radius 1 is 1.71 bits per heavy atom. The molecule has 1 unspecified atom stereocenters. The molecule has 1 rings (SSSR count). The Bertz CT molecular complexity index is 341. The van der Waals surface area contributed by atoms with Crippen molar-refractivity contribution in [3.63, 3.8) is 0 Å². The first-order chi connectivity index (χ1) is 6.54. The molecule has 0 fully saturated rings. The largest absolute Gasteiger partial charge is 0.492 e. The number of alkyl halides is 1. The number of hydrogen-bond donors (Lipinski definition) is 0. The summed E-state index contributed by atoms with van der Waals surface area (Å²) in [4.78, 5) is 13.4. The molecule has 78 valence electrons. The highest BCUT2D eigenvalue weighted by Crippen LogP contribution is 2.14. The van der Waals surface area contributed by atoms with E-state index in [4.69, 9.17) is 0 Å². The number of aromatic nitrogens is 3. The summed E-state index contributed by atoms with van der Waals surface area (Å²) in [6, 6.07) is 0. The third-order valence-electron chi connectivity index (χ3n) is 1.53. The molecule has 0 saturated heterocycles. The zero-order chi connectivity index (χ0) is 10.7. The van der Waals surface area contributed by atoms with E-state index in [1.54, 1.807) is 0 Å². The van der Waals surface area contributed by atoms with E-state index in [1.165, 1.54) is 4.68 Å². The summed E-state index contributed by atoms with van der Waals surface area (Å²) in [5.41, 5.74) is 0. The minimum absolute atomic E-state index is 0.340. The quantitative estimate of drug-likeness (QED) is 0.481. The number of halogens is 2. The summed E-state index contributed by atoms with van der Waals surface area (Å²) in [6.45, 7) is 2.60. The smallest absolute Gasteiger partial charge is 0.390 e. The molecule has 1 atom stereocenters. The summed E-state index contributed by atoms with van der Waals surface area (Å²) < 4.78 is 1.86. The molecule has 0 bridgehead atoms. The van der Waals surface area contributed by atoms with Crippen LogP contribution in [0.4, 0.5) is 5.95 Å². The lowest BCUT2D eigenvalue weighted by atomic mass is 10.2. The molecule has 1 aromatic rings. The number of nitro groups is 1. The van der Waals surface area contributed by atoms with Crippen molar-refractivity contribution in [1.29, 1.82) is 0 Å². The van der Waals surface area contributed by atoms with E-state index in [0.29, 0.717) is 17.2 Å². The van der Waals surface area contributed by atoms with E-state index in [-0.39, 0.29) is 5.95 Å². The average Bonchev–Trinajstić information content (AvgIpc) is 2.48. The Kier molecular flexibility index (Phi) is 3.99. The zero-order valence-electron chi connectivity index (χ0n) is 7.35. The van der Waals surface area contributed by atoms with Gasteiger partial charge in [-0.05, 0) is 15.8 Å². The standard InChI is InChI=1S/C6H8Br2N4O2/c1-4(2-7)3-11-5(8)9-6(10-11)12(13)14/h4H,2-3H2,1H3. The summed E-state index contributed by atoms with van der Waals surface area (Å²) >= 11 is 6.43. The molecule has 0 aliphatic rings. The molecule has 0 amide bonds. The average molecular weight is 328 g/mol. The molecule has 0 N–H and O–H groups in total. The van der Waals surface area contributed by atoms with E-state index >= 15 is 0 Å². The molecule has 8 heteroatoms. The highest BCUT2D eigenvalue weighted by atomic mass is 79.9. The fourth-order valence-electron chi connectivity index (χ4n) is 0.849. The van der Waals surface area contributed by atoms with Crippen molar-refractivity contribution >= 4 is 37.8 Å². The lowest BCUT2D eigenvalue weighted by Gasteiger charge is -2.03. The van der Waals surface area contributed by atoms with Crippen LogP contribution in [0.5, 0.6) is 0 Å². The second-order valence-corrected chi connectivity index (χ2v) is 4.24. The predicted octanol–water partition coefficient (Wildman–Crippen LogP) is 1.98. The predicted molar refractivity (Wildman–Crippen MR) is 57.3 cm³/mol. The van der Waals surface area contributed by atoms with Gasteiger partial charge in [0.15, 0.2) is 0 Å². The van der Waals surface area contributed by atoms with E-state index in [1.807, 2.05) is 6.92 Å². The van der Waals surface area contributed by atoms with Crippen LogP contribution < -0.4 is 0 Å². The van der Waals surface area contributed by atoms with Crippen LogP contribution in [-0.2, 0) is 6.54 Å². The van der Waals surface area contributed by atoms with Gasteiger partial charge in [-0.3, -0.25) is 0 Å². The van der Waals surface area contributed by atoms with Gasteiger partial charge >= 0.3 is 5.95 Å². The second kappa shape index (κ2) is 4.83. The Morgan fingerprint density at radius 2 is 2.36 bits per heavy atom. The SMILES string of the molecule is CC(CBr)Cn1nc([N+](=O)[O-])nc1Br. The van der Waals surface area contributed by atoms with Crippen LogP contribution in [-0.4, -0.2) is 25.0 Å². The van der Waals surface area contributed by atoms with Crippen molar-refractivity contribution in [2.45, 2.75) is 13.5 Å². The van der Waals surface area contributed by atoms with Crippen molar-refractivity contribution < 1.29 is 4.92 Å². The van der Waals surface area contributed by atoms with Gasteiger partial charge in [-0.15, -0.1) is 0 Å². The third-order valence-corrected chi connectivity index (χ3v) is 3.22. The molecular formula is C6H8Br2N4O2. The first-order valence-corrected chi connectivity index (χ1v) is 5.76. The molecule has 0 radical (unpaired) electrons. The fourth-order valence-corrected chi connectivity index (χ4v) is 1.44. The molecule has 0 spiro atoms. The Hall–Kier alpha value is -0.500.